The van der Waals surface area contributed by atoms with Gasteiger partial charge in [-0.05, 0) is 12.0 Å². The van der Waals surface area contributed by atoms with Gasteiger partial charge in [0.05, 0.1) is 0 Å². The molecule has 1 aliphatic carbocycles. The quantitative estimate of drug-likeness (QED) is 0.248. The van der Waals surface area contributed by atoms with Gasteiger partial charge in [-0.3, -0.25) is 6.08 Å². The van der Waals surface area contributed by atoms with Crippen LogP contribution < -0.4 is 0 Å². The molecule has 1 aliphatic rings. The molecule has 0 amide bonds. The summed E-state index contributed by atoms with van der Waals surface area (Å²) in [5, 5.41) is 2.68. The van der Waals surface area contributed by atoms with E-state index in [2.05, 4.69) is 108 Å². The molecule has 0 aliphatic heterocycles. The zero-order chi connectivity index (χ0) is 21.4. The Labute approximate surface area is 208 Å². The van der Waals surface area contributed by atoms with Crippen molar-refractivity contribution >= 4 is 17.7 Å². The summed E-state index contributed by atoms with van der Waals surface area (Å²) in [6.45, 7) is 14.0. The third kappa shape index (κ3) is 7.62. The normalized spacial score (nSPS) is 14.3. The van der Waals surface area contributed by atoms with Gasteiger partial charge in [-0.25, -0.2) is 5.57 Å². The van der Waals surface area contributed by atoms with Crippen molar-refractivity contribution in [2.24, 2.45) is 5.92 Å². The van der Waals surface area contributed by atoms with E-state index in [9.17, 15) is 0 Å². The van der Waals surface area contributed by atoms with E-state index in [1.165, 1.54) is 73.9 Å². The molecule has 1 unspecified atom stereocenters. The van der Waals surface area contributed by atoms with Crippen molar-refractivity contribution in [3.8, 4) is 11.1 Å². The summed E-state index contributed by atoms with van der Waals surface area (Å²) >= 11 is 1.36. The number of benzene rings is 2. The molecule has 0 saturated carbocycles. The van der Waals surface area contributed by atoms with Crippen LogP contribution in [0.1, 0.15) is 46.6 Å². The fraction of sp³-hybridized carbons (Fsp3) is 0.276. The van der Waals surface area contributed by atoms with Gasteiger partial charge in [0.1, 0.15) is 0 Å². The topological polar surface area (TPSA) is 0 Å². The number of allylic oxidation sites excluding steroid dienone is 4. The Morgan fingerprint density at radius 1 is 1.00 bits per heavy atom. The molecule has 164 valence electrons. The Bertz CT molecular complexity index is 1010. The molecule has 3 aromatic carbocycles. The average molecular weight is 504 g/mol. The third-order valence-electron chi connectivity index (χ3n) is 5.69. The first-order valence-electron chi connectivity index (χ1n) is 10.3. The SMILES string of the molecule is CC1=[C-]C(C)C(C)=C1C.CCCc1cccc(-c2c[cH-]c3ccccc23)c1.[CH3-].[CH3-].[Si]=[Zr]. The average Bonchev–Trinajstić information content (AvgIpc) is 3.27. The summed E-state index contributed by atoms with van der Waals surface area (Å²) in [6, 6.07) is 22.0. The van der Waals surface area contributed by atoms with E-state index in [1.54, 1.807) is 0 Å². The minimum atomic E-state index is 0. The van der Waals surface area contributed by atoms with Crippen LogP contribution in [0.2, 0.25) is 0 Å². The van der Waals surface area contributed by atoms with Crippen molar-refractivity contribution in [1.29, 1.82) is 0 Å². The van der Waals surface area contributed by atoms with E-state index in [4.69, 9.17) is 0 Å². The van der Waals surface area contributed by atoms with Gasteiger partial charge in [0.25, 0.3) is 0 Å². The van der Waals surface area contributed by atoms with Gasteiger partial charge >= 0.3 is 30.2 Å². The predicted molar refractivity (Wildman–Crippen MR) is 138 cm³/mol. The van der Waals surface area contributed by atoms with Gasteiger partial charge in [0.15, 0.2) is 0 Å². The Morgan fingerprint density at radius 3 is 2.23 bits per heavy atom. The molecule has 2 radical (unpaired) electrons. The summed E-state index contributed by atoms with van der Waals surface area (Å²) < 4.78 is 0. The molecule has 2 heteroatoms. The first-order chi connectivity index (χ1) is 14.0. The summed E-state index contributed by atoms with van der Waals surface area (Å²) in [5.74, 6) is 0.560. The van der Waals surface area contributed by atoms with E-state index in [1.807, 2.05) is 0 Å². The van der Waals surface area contributed by atoms with Crippen molar-refractivity contribution in [3.05, 3.63) is 104 Å². The van der Waals surface area contributed by atoms with Crippen molar-refractivity contribution in [3.63, 3.8) is 0 Å². The van der Waals surface area contributed by atoms with Crippen LogP contribution in [0.3, 0.4) is 0 Å². The van der Waals surface area contributed by atoms with Gasteiger partial charge in [-0.1, -0.05) is 75.9 Å². The monoisotopic (exact) mass is 502 g/mol. The molecule has 0 heterocycles. The molecule has 0 saturated heterocycles. The van der Waals surface area contributed by atoms with Gasteiger partial charge in [0, 0.05) is 0 Å². The molecule has 0 fully saturated rings. The van der Waals surface area contributed by atoms with Crippen LogP contribution in [0.4, 0.5) is 0 Å². The standard InChI is InChI=1S/C18H17.C9H13.2CH3.Si.Zr/c1-2-6-14-7-5-9-16(13-14)18-12-11-15-8-3-4-10-17(15)18;1-6-5-7(2)9(4)8(6)3;;;;/h3-5,7-13H,2,6H2,1H3;6H,1-4H3;2*1H3;;/q4*-1;;. The van der Waals surface area contributed by atoms with Crippen molar-refractivity contribution in [2.45, 2.75) is 47.5 Å². The van der Waals surface area contributed by atoms with E-state index in [0.29, 0.717) is 5.92 Å². The van der Waals surface area contributed by atoms with E-state index >= 15 is 0 Å². The number of fused-ring (bicyclic) bond motifs is 1. The molecule has 4 rings (SSSR count). The molecule has 0 aromatic heterocycles. The minimum absolute atomic E-state index is 0. The molecular weight excluding hydrogens is 468 g/mol. The van der Waals surface area contributed by atoms with Gasteiger partial charge < -0.3 is 14.9 Å². The maximum atomic E-state index is 3.36. The molecule has 0 bridgehead atoms. The summed E-state index contributed by atoms with van der Waals surface area (Å²) in [4.78, 5) is 0. The van der Waals surface area contributed by atoms with E-state index < -0.39 is 0 Å². The van der Waals surface area contributed by atoms with Crippen LogP contribution in [-0.4, -0.2) is 6.88 Å². The summed E-state index contributed by atoms with van der Waals surface area (Å²) in [7, 11) is 0. The van der Waals surface area contributed by atoms with Gasteiger partial charge in [-0.15, -0.1) is 53.6 Å². The van der Waals surface area contributed by atoms with E-state index in [-0.39, 0.29) is 14.9 Å². The van der Waals surface area contributed by atoms with Crippen LogP contribution >= 0.6 is 0 Å². The second-order valence-corrected chi connectivity index (χ2v) is 7.58. The molecule has 0 N–H and O–H groups in total. The first-order valence-corrected chi connectivity index (χ1v) is 14.5. The zero-order valence-corrected chi connectivity index (χ0v) is 23.7. The molecule has 0 nitrogen and oxygen atoms in total. The van der Waals surface area contributed by atoms with Gasteiger partial charge in [0.2, 0.25) is 0 Å². The Morgan fingerprint density at radius 2 is 1.68 bits per heavy atom. The number of hydrogen-bond acceptors (Lipinski definition) is 0. The molecule has 3 aromatic rings. The predicted octanol–water partition coefficient (Wildman–Crippen LogP) is 8.42. The van der Waals surface area contributed by atoms with E-state index in [0.717, 1.165) is 6.42 Å². The molecular formula is C29H36SiZr-4. The van der Waals surface area contributed by atoms with Crippen LogP contribution in [0, 0.1) is 26.8 Å². The summed E-state index contributed by atoms with van der Waals surface area (Å²) in [6.07, 6.45) is 5.72. The molecule has 0 spiro atoms. The maximum absolute atomic E-state index is 3.36. The summed E-state index contributed by atoms with van der Waals surface area (Å²) in [5.41, 5.74) is 8.36. The Kier molecular flexibility index (Phi) is 14.0. The fourth-order valence-corrected chi connectivity index (χ4v) is 3.75. The Balaban J connectivity index is 0.000000595. The second-order valence-electron chi connectivity index (χ2n) is 7.58. The zero-order valence-electron chi connectivity index (χ0n) is 20.3. The Hall–Kier alpha value is -1.37. The fourth-order valence-electron chi connectivity index (χ4n) is 3.75. The van der Waals surface area contributed by atoms with Crippen molar-refractivity contribution in [2.75, 3.05) is 0 Å². The number of rotatable bonds is 3. The number of hydrogen-bond donors (Lipinski definition) is 0. The molecule has 1 atom stereocenters. The molecule has 31 heavy (non-hydrogen) atoms. The van der Waals surface area contributed by atoms with Crippen molar-refractivity contribution in [1.82, 2.24) is 0 Å². The van der Waals surface area contributed by atoms with Crippen LogP contribution in [0.5, 0.6) is 0 Å². The number of aryl methyl sites for hydroxylation is 1. The van der Waals surface area contributed by atoms with Gasteiger partial charge in [-0.2, -0.15) is 11.1 Å². The van der Waals surface area contributed by atoms with Crippen LogP contribution in [0.25, 0.3) is 21.9 Å². The first kappa shape index (κ1) is 29.6. The van der Waals surface area contributed by atoms with Crippen LogP contribution in [-0.2, 0) is 29.8 Å². The van der Waals surface area contributed by atoms with Crippen LogP contribution in [0.15, 0.2) is 77.4 Å². The third-order valence-corrected chi connectivity index (χ3v) is 5.69. The second kappa shape index (κ2) is 14.6. The van der Waals surface area contributed by atoms with Crippen molar-refractivity contribution < 1.29 is 23.3 Å².